The van der Waals surface area contributed by atoms with Crippen LogP contribution in [0.1, 0.15) is 15.9 Å². The van der Waals surface area contributed by atoms with Crippen LogP contribution in [0.3, 0.4) is 0 Å². The normalized spacial score (nSPS) is 13.1. The topological polar surface area (TPSA) is 78.9 Å². The van der Waals surface area contributed by atoms with E-state index in [1.54, 1.807) is 16.9 Å². The maximum Gasteiger partial charge on any atom is 0.254 e. The first-order valence-corrected chi connectivity index (χ1v) is 13.6. The van der Waals surface area contributed by atoms with Crippen molar-refractivity contribution < 1.29 is 18.7 Å². The Balaban J connectivity index is 1.20. The van der Waals surface area contributed by atoms with Gasteiger partial charge in [0.15, 0.2) is 5.82 Å². The van der Waals surface area contributed by atoms with E-state index in [0.29, 0.717) is 44.7 Å². The van der Waals surface area contributed by atoms with Crippen molar-refractivity contribution in [2.45, 2.75) is 6.42 Å². The smallest absolute Gasteiger partial charge is 0.254 e. The van der Waals surface area contributed by atoms with Gasteiger partial charge in [-0.15, -0.1) is 10.2 Å². The van der Waals surface area contributed by atoms with Crippen LogP contribution in [0.15, 0.2) is 91.0 Å². The second-order valence-corrected chi connectivity index (χ2v) is 9.85. The molecular formula is C32H32FN5O3. The van der Waals surface area contributed by atoms with Gasteiger partial charge in [-0.1, -0.05) is 42.5 Å². The first-order valence-electron chi connectivity index (χ1n) is 13.6. The number of hydrogen-bond acceptors (Lipinski definition) is 6. The van der Waals surface area contributed by atoms with Crippen molar-refractivity contribution in [2.24, 2.45) is 0 Å². The predicted octanol–water partition coefficient (Wildman–Crippen LogP) is 4.33. The molecule has 210 valence electrons. The average Bonchev–Trinajstić information content (AvgIpc) is 3.03. The second kappa shape index (κ2) is 13.0. The largest absolute Gasteiger partial charge is 0.497 e. The van der Waals surface area contributed by atoms with Gasteiger partial charge in [-0.05, 0) is 60.5 Å². The van der Waals surface area contributed by atoms with E-state index in [1.165, 1.54) is 24.3 Å². The van der Waals surface area contributed by atoms with Crippen LogP contribution in [-0.4, -0.2) is 78.2 Å². The zero-order chi connectivity index (χ0) is 28.6. The van der Waals surface area contributed by atoms with Crippen molar-refractivity contribution in [1.29, 1.82) is 0 Å². The number of methoxy groups -OCH3 is 1. The van der Waals surface area contributed by atoms with Crippen molar-refractivity contribution in [3.05, 3.63) is 108 Å². The molecule has 4 aromatic rings. The molecule has 1 aromatic heterocycles. The quantitative estimate of drug-likeness (QED) is 0.307. The van der Waals surface area contributed by atoms with Crippen molar-refractivity contribution in [3.63, 3.8) is 0 Å². The maximum absolute atomic E-state index is 13.5. The van der Waals surface area contributed by atoms with Crippen LogP contribution in [0, 0.1) is 5.82 Å². The molecule has 1 aliphatic heterocycles. The Labute approximate surface area is 239 Å². The Kier molecular flexibility index (Phi) is 8.83. The summed E-state index contributed by atoms with van der Waals surface area (Å²) in [5.74, 6) is 0.685. The summed E-state index contributed by atoms with van der Waals surface area (Å²) in [5.41, 5.74) is 3.10. The van der Waals surface area contributed by atoms with Gasteiger partial charge in [-0.25, -0.2) is 4.39 Å². The Morgan fingerprint density at radius 2 is 1.63 bits per heavy atom. The molecule has 0 bridgehead atoms. The minimum absolute atomic E-state index is 0.0436. The summed E-state index contributed by atoms with van der Waals surface area (Å²) in [6.45, 7) is 2.56. The van der Waals surface area contributed by atoms with Crippen LogP contribution in [0.5, 0.6) is 5.75 Å². The standard InChI is InChI=1S/C32H32FN5O3/c1-41-28-9-5-8-26(22-28)29-14-15-30(35-34-29)36-18-20-37(21-19-36)31(39)23-38(17-16-24-6-3-2-4-7-24)32(40)25-10-12-27(33)13-11-25/h2-15,22H,16-21,23H2,1H3. The third-order valence-electron chi connectivity index (χ3n) is 7.19. The monoisotopic (exact) mass is 553 g/mol. The molecule has 9 heteroatoms. The minimum atomic E-state index is -0.411. The van der Waals surface area contributed by atoms with Crippen LogP contribution in [0.2, 0.25) is 0 Å². The number of anilines is 1. The molecule has 41 heavy (non-hydrogen) atoms. The number of ether oxygens (including phenoxy) is 1. The summed E-state index contributed by atoms with van der Waals surface area (Å²) in [5, 5.41) is 8.82. The maximum atomic E-state index is 13.5. The molecule has 0 saturated carbocycles. The zero-order valence-electron chi connectivity index (χ0n) is 22.9. The average molecular weight is 554 g/mol. The molecule has 0 unspecified atom stereocenters. The number of benzene rings is 3. The molecular weight excluding hydrogens is 521 g/mol. The lowest BCUT2D eigenvalue weighted by atomic mass is 10.1. The molecule has 0 spiro atoms. The van der Waals surface area contributed by atoms with Crippen LogP contribution in [-0.2, 0) is 11.2 Å². The fourth-order valence-electron chi connectivity index (χ4n) is 4.81. The van der Waals surface area contributed by atoms with E-state index in [0.717, 1.165) is 28.4 Å². The summed E-state index contributed by atoms with van der Waals surface area (Å²) in [6.07, 6.45) is 0.610. The predicted molar refractivity (Wildman–Crippen MR) is 155 cm³/mol. The number of nitrogens with zero attached hydrogens (tertiary/aromatic N) is 5. The van der Waals surface area contributed by atoms with Crippen molar-refractivity contribution in [1.82, 2.24) is 20.0 Å². The first-order chi connectivity index (χ1) is 20.0. The number of aromatic nitrogens is 2. The summed E-state index contributed by atoms with van der Waals surface area (Å²) in [4.78, 5) is 32.1. The van der Waals surface area contributed by atoms with Crippen LogP contribution in [0.25, 0.3) is 11.3 Å². The first kappa shape index (κ1) is 27.8. The molecule has 5 rings (SSSR count). The number of carbonyl (C=O) groups excluding carboxylic acids is 2. The molecule has 0 radical (unpaired) electrons. The van der Waals surface area contributed by atoms with Gasteiger partial charge in [-0.3, -0.25) is 9.59 Å². The number of rotatable bonds is 9. The van der Waals surface area contributed by atoms with Crippen molar-refractivity contribution in [2.75, 3.05) is 51.3 Å². The number of carbonyl (C=O) groups is 2. The summed E-state index contributed by atoms with van der Waals surface area (Å²) in [6, 6.07) is 26.8. The van der Waals surface area contributed by atoms with E-state index in [9.17, 15) is 14.0 Å². The van der Waals surface area contributed by atoms with Gasteiger partial charge >= 0.3 is 0 Å². The summed E-state index contributed by atoms with van der Waals surface area (Å²) >= 11 is 0. The van der Waals surface area contributed by atoms with Gasteiger partial charge in [0.05, 0.1) is 12.8 Å². The van der Waals surface area contributed by atoms with Gasteiger partial charge in [0.2, 0.25) is 5.91 Å². The van der Waals surface area contributed by atoms with E-state index in [-0.39, 0.29) is 18.4 Å². The molecule has 0 N–H and O–H groups in total. The van der Waals surface area contributed by atoms with E-state index in [1.807, 2.05) is 66.7 Å². The lowest BCUT2D eigenvalue weighted by molar-refractivity contribution is -0.132. The van der Waals surface area contributed by atoms with Crippen LogP contribution >= 0.6 is 0 Å². The fourth-order valence-corrected chi connectivity index (χ4v) is 4.81. The van der Waals surface area contributed by atoms with Gasteiger partial charge in [0.1, 0.15) is 18.1 Å². The van der Waals surface area contributed by atoms with Crippen LogP contribution < -0.4 is 9.64 Å². The van der Waals surface area contributed by atoms with E-state index in [2.05, 4.69) is 15.1 Å². The second-order valence-electron chi connectivity index (χ2n) is 9.85. The highest BCUT2D eigenvalue weighted by Crippen LogP contribution is 2.23. The summed E-state index contributed by atoms with van der Waals surface area (Å²) < 4.78 is 18.7. The minimum Gasteiger partial charge on any atom is -0.497 e. The Bertz CT molecular complexity index is 1460. The number of amides is 2. The zero-order valence-corrected chi connectivity index (χ0v) is 22.9. The molecule has 1 saturated heterocycles. The van der Waals surface area contributed by atoms with Gasteiger partial charge in [0.25, 0.3) is 5.91 Å². The number of hydrogen-bond donors (Lipinski definition) is 0. The highest BCUT2D eigenvalue weighted by molar-refractivity contribution is 5.96. The Morgan fingerprint density at radius 3 is 2.32 bits per heavy atom. The molecule has 1 fully saturated rings. The lowest BCUT2D eigenvalue weighted by Crippen LogP contribution is -2.52. The third-order valence-corrected chi connectivity index (χ3v) is 7.19. The molecule has 0 atom stereocenters. The lowest BCUT2D eigenvalue weighted by Gasteiger charge is -2.36. The van der Waals surface area contributed by atoms with Gasteiger partial charge in [0, 0.05) is 43.9 Å². The van der Waals surface area contributed by atoms with Crippen LogP contribution in [0.4, 0.5) is 10.2 Å². The molecule has 8 nitrogen and oxygen atoms in total. The van der Waals surface area contributed by atoms with Gasteiger partial charge < -0.3 is 19.4 Å². The SMILES string of the molecule is COc1cccc(-c2ccc(N3CCN(C(=O)CN(CCc4ccccc4)C(=O)c4ccc(F)cc4)CC3)nn2)c1. The Hall–Kier alpha value is -4.79. The molecule has 2 amide bonds. The van der Waals surface area contributed by atoms with Crippen molar-refractivity contribution >= 4 is 17.6 Å². The molecule has 0 aliphatic carbocycles. The van der Waals surface area contributed by atoms with E-state index in [4.69, 9.17) is 4.74 Å². The highest BCUT2D eigenvalue weighted by Gasteiger charge is 2.26. The molecule has 3 aromatic carbocycles. The fraction of sp³-hybridized carbons (Fsp3) is 0.250. The highest BCUT2D eigenvalue weighted by atomic mass is 19.1. The molecule has 2 heterocycles. The Morgan fingerprint density at radius 1 is 0.878 bits per heavy atom. The van der Waals surface area contributed by atoms with E-state index >= 15 is 0 Å². The number of piperazine rings is 1. The summed E-state index contributed by atoms with van der Waals surface area (Å²) in [7, 11) is 1.63. The van der Waals surface area contributed by atoms with Crippen molar-refractivity contribution in [3.8, 4) is 17.0 Å². The third kappa shape index (κ3) is 7.05. The number of halogens is 1. The van der Waals surface area contributed by atoms with Gasteiger partial charge in [-0.2, -0.15) is 0 Å². The van der Waals surface area contributed by atoms with E-state index < -0.39 is 5.82 Å². The molecule has 1 aliphatic rings.